The number of imidazole rings is 1. The van der Waals surface area contributed by atoms with Gasteiger partial charge in [-0.1, -0.05) is 6.07 Å². The van der Waals surface area contributed by atoms with Crippen LogP contribution in [0.2, 0.25) is 0 Å². The fourth-order valence-electron chi connectivity index (χ4n) is 3.66. The molecule has 3 aromatic rings. The van der Waals surface area contributed by atoms with E-state index in [4.69, 9.17) is 9.47 Å². The first-order valence-corrected chi connectivity index (χ1v) is 15.2. The first kappa shape index (κ1) is 26.2. The zero-order valence-electron chi connectivity index (χ0n) is 19.2. The van der Waals surface area contributed by atoms with E-state index in [1.807, 2.05) is 6.92 Å². The van der Waals surface area contributed by atoms with Crippen molar-refractivity contribution >= 4 is 46.8 Å². The SMILES string of the molecule is CCOc1cc(C(CS(C)(=O)=O)n2c(=O)n(CCS(C)(=O)=O)c3cc(Br)cnc32)ccc1OC. The zero-order chi connectivity index (χ0) is 25.3. The van der Waals surface area contributed by atoms with Gasteiger partial charge in [-0.15, -0.1) is 0 Å². The molecule has 1 unspecified atom stereocenters. The monoisotopic (exact) mass is 575 g/mol. The van der Waals surface area contributed by atoms with Crippen molar-refractivity contribution in [3.63, 3.8) is 0 Å². The molecule has 186 valence electrons. The van der Waals surface area contributed by atoms with E-state index in [2.05, 4.69) is 20.9 Å². The molecule has 0 aliphatic rings. The van der Waals surface area contributed by atoms with Crippen LogP contribution in [0, 0.1) is 0 Å². The molecule has 0 saturated heterocycles. The fraction of sp³-hybridized carbons (Fsp3) is 0.429. The number of rotatable bonds is 10. The number of pyridine rings is 1. The number of sulfone groups is 2. The molecule has 0 aliphatic carbocycles. The molecule has 0 bridgehead atoms. The van der Waals surface area contributed by atoms with Crippen molar-refractivity contribution in [1.82, 2.24) is 14.1 Å². The summed E-state index contributed by atoms with van der Waals surface area (Å²) in [6, 6.07) is 5.67. The number of halogens is 1. The van der Waals surface area contributed by atoms with Gasteiger partial charge < -0.3 is 9.47 Å². The van der Waals surface area contributed by atoms with Crippen LogP contribution in [0.1, 0.15) is 18.5 Å². The number of hydrogen-bond donors (Lipinski definition) is 0. The Morgan fingerprint density at radius 3 is 2.38 bits per heavy atom. The molecule has 0 N–H and O–H groups in total. The predicted octanol–water partition coefficient (Wildman–Crippen LogP) is 2.05. The molecule has 0 spiro atoms. The number of benzene rings is 1. The first-order chi connectivity index (χ1) is 15.8. The Bertz CT molecular complexity index is 1480. The van der Waals surface area contributed by atoms with E-state index in [-0.39, 0.29) is 23.7 Å². The molecule has 0 aliphatic heterocycles. The van der Waals surface area contributed by atoms with Gasteiger partial charge >= 0.3 is 5.69 Å². The van der Waals surface area contributed by atoms with Gasteiger partial charge in [0.15, 0.2) is 17.1 Å². The van der Waals surface area contributed by atoms with Crippen LogP contribution in [-0.2, 0) is 26.2 Å². The highest BCUT2D eigenvalue weighted by atomic mass is 79.9. The van der Waals surface area contributed by atoms with Gasteiger partial charge in [-0.3, -0.25) is 9.13 Å². The summed E-state index contributed by atoms with van der Waals surface area (Å²) in [5.41, 5.74) is 0.569. The van der Waals surface area contributed by atoms with Crippen molar-refractivity contribution in [3.05, 3.63) is 51.0 Å². The van der Waals surface area contributed by atoms with E-state index >= 15 is 0 Å². The summed E-state index contributed by atoms with van der Waals surface area (Å²) in [4.78, 5) is 17.9. The minimum absolute atomic E-state index is 0.0995. The van der Waals surface area contributed by atoms with Crippen molar-refractivity contribution < 1.29 is 26.3 Å². The third kappa shape index (κ3) is 5.99. The number of hydrogen-bond acceptors (Lipinski definition) is 8. The smallest absolute Gasteiger partial charge is 0.330 e. The van der Waals surface area contributed by atoms with Crippen molar-refractivity contribution in [3.8, 4) is 11.5 Å². The lowest BCUT2D eigenvalue weighted by molar-refractivity contribution is 0.310. The van der Waals surface area contributed by atoms with Crippen molar-refractivity contribution in [2.24, 2.45) is 0 Å². The van der Waals surface area contributed by atoms with E-state index in [1.54, 1.807) is 24.3 Å². The summed E-state index contributed by atoms with van der Waals surface area (Å²) in [6.07, 6.45) is 3.67. The Hall–Kier alpha value is -2.38. The molecule has 0 fully saturated rings. The van der Waals surface area contributed by atoms with E-state index in [1.165, 1.54) is 22.4 Å². The third-order valence-electron chi connectivity index (χ3n) is 5.10. The topological polar surface area (TPSA) is 127 Å². The van der Waals surface area contributed by atoms with Crippen LogP contribution >= 0.6 is 15.9 Å². The first-order valence-electron chi connectivity index (χ1n) is 10.3. The summed E-state index contributed by atoms with van der Waals surface area (Å²) in [5.74, 6) is 0.235. The van der Waals surface area contributed by atoms with Gasteiger partial charge in [-0.2, -0.15) is 0 Å². The van der Waals surface area contributed by atoms with Gasteiger partial charge in [0.2, 0.25) is 0 Å². The zero-order valence-corrected chi connectivity index (χ0v) is 22.4. The highest BCUT2D eigenvalue weighted by molar-refractivity contribution is 9.10. The average Bonchev–Trinajstić information content (AvgIpc) is 3.00. The van der Waals surface area contributed by atoms with Gasteiger partial charge in [0, 0.05) is 29.7 Å². The lowest BCUT2D eigenvalue weighted by Gasteiger charge is -2.20. The van der Waals surface area contributed by atoms with Gasteiger partial charge in [0.25, 0.3) is 0 Å². The second-order valence-corrected chi connectivity index (χ2v) is 13.2. The summed E-state index contributed by atoms with van der Waals surface area (Å²) >= 11 is 3.33. The van der Waals surface area contributed by atoms with Crippen LogP contribution in [0.4, 0.5) is 0 Å². The largest absolute Gasteiger partial charge is 0.493 e. The fourth-order valence-corrected chi connectivity index (χ4v) is 5.41. The van der Waals surface area contributed by atoms with E-state index in [0.29, 0.717) is 33.7 Å². The van der Waals surface area contributed by atoms with Crippen LogP contribution in [0.25, 0.3) is 11.2 Å². The van der Waals surface area contributed by atoms with Crippen LogP contribution in [0.15, 0.2) is 39.7 Å². The molecule has 10 nitrogen and oxygen atoms in total. The maximum Gasteiger partial charge on any atom is 0.330 e. The van der Waals surface area contributed by atoms with E-state index in [9.17, 15) is 21.6 Å². The van der Waals surface area contributed by atoms with Crippen molar-refractivity contribution in [2.75, 3.05) is 37.7 Å². The summed E-state index contributed by atoms with van der Waals surface area (Å²) in [6.45, 7) is 2.07. The van der Waals surface area contributed by atoms with Crippen LogP contribution in [0.5, 0.6) is 11.5 Å². The molecule has 34 heavy (non-hydrogen) atoms. The normalized spacial score (nSPS) is 13.2. The minimum Gasteiger partial charge on any atom is -0.493 e. The molecule has 0 radical (unpaired) electrons. The minimum atomic E-state index is -3.55. The predicted molar refractivity (Wildman–Crippen MR) is 133 cm³/mol. The molecule has 2 heterocycles. The molecular formula is C21H26BrN3O7S2. The van der Waals surface area contributed by atoms with Crippen LogP contribution in [-0.4, -0.2) is 68.7 Å². The van der Waals surface area contributed by atoms with E-state index < -0.39 is 31.4 Å². The maximum atomic E-state index is 13.6. The third-order valence-corrected chi connectivity index (χ3v) is 7.38. The molecule has 1 atom stereocenters. The molecule has 1 aromatic carbocycles. The number of ether oxygens (including phenoxy) is 2. The number of aryl methyl sites for hydroxylation is 1. The Kier molecular flexibility index (Phi) is 7.78. The highest BCUT2D eigenvalue weighted by Crippen LogP contribution is 2.33. The van der Waals surface area contributed by atoms with Crippen molar-refractivity contribution in [1.29, 1.82) is 0 Å². The average molecular weight is 576 g/mol. The lowest BCUT2D eigenvalue weighted by atomic mass is 10.1. The molecule has 13 heteroatoms. The Morgan fingerprint density at radius 1 is 1.09 bits per heavy atom. The Morgan fingerprint density at radius 2 is 1.79 bits per heavy atom. The summed E-state index contributed by atoms with van der Waals surface area (Å²) < 4.78 is 62.5. The second kappa shape index (κ2) is 10.1. The lowest BCUT2D eigenvalue weighted by Crippen LogP contribution is -2.32. The Balaban J connectivity index is 2.30. The maximum absolute atomic E-state index is 13.6. The number of aromatic nitrogens is 3. The van der Waals surface area contributed by atoms with Gasteiger partial charge in [-0.25, -0.2) is 26.6 Å². The number of fused-ring (bicyclic) bond motifs is 1. The van der Waals surface area contributed by atoms with Crippen LogP contribution < -0.4 is 15.2 Å². The molecule has 3 rings (SSSR count). The highest BCUT2D eigenvalue weighted by Gasteiger charge is 2.27. The molecule has 0 saturated carbocycles. The summed E-state index contributed by atoms with van der Waals surface area (Å²) in [7, 11) is -5.42. The Labute approximate surface area is 206 Å². The standard InChI is InChI=1S/C21H26BrN3O7S2/c1-5-32-19-10-14(6-7-18(19)31-2)17(13-34(4,29)30)25-20-16(11-15(22)12-23-20)24(21(25)26)8-9-33(3,27)28/h6-7,10-12,17H,5,8-9,13H2,1-4H3. The molecular weight excluding hydrogens is 550 g/mol. The molecule has 0 amide bonds. The van der Waals surface area contributed by atoms with Gasteiger partial charge in [0.1, 0.15) is 19.7 Å². The van der Waals surface area contributed by atoms with Crippen LogP contribution in [0.3, 0.4) is 0 Å². The van der Waals surface area contributed by atoms with Crippen molar-refractivity contribution in [2.45, 2.75) is 19.5 Å². The molecule has 2 aromatic heterocycles. The summed E-state index contributed by atoms with van der Waals surface area (Å²) in [5, 5.41) is 0. The quantitative estimate of drug-likeness (QED) is 0.359. The van der Waals surface area contributed by atoms with E-state index in [0.717, 1.165) is 12.5 Å². The second-order valence-electron chi connectivity index (χ2n) is 7.88. The number of methoxy groups -OCH3 is 1. The van der Waals surface area contributed by atoms with Gasteiger partial charge in [0.05, 0.1) is 36.8 Å². The van der Waals surface area contributed by atoms with Gasteiger partial charge in [-0.05, 0) is 46.6 Å². The number of nitrogens with zero attached hydrogens (tertiary/aromatic N) is 3.